The molecule has 1 unspecified atom stereocenters. The molecule has 11 nitrogen and oxygen atoms in total. The molecular weight excluding hydrogens is 506 g/mol. The fourth-order valence-corrected chi connectivity index (χ4v) is 5.34. The van der Waals surface area contributed by atoms with Gasteiger partial charge in [-0.2, -0.15) is 9.97 Å². The molecule has 1 saturated heterocycles. The van der Waals surface area contributed by atoms with Crippen LogP contribution in [0.3, 0.4) is 0 Å². The Balaban J connectivity index is 1.95. The maximum absolute atomic E-state index is 12.2. The summed E-state index contributed by atoms with van der Waals surface area (Å²) in [5.74, 6) is -1.16. The average Bonchev–Trinajstić information content (AvgIpc) is 3.29. The molecule has 0 aromatic carbocycles. The number of ether oxygens (including phenoxy) is 3. The molecule has 13 heteroatoms. The molecular formula is C23H36ClN5O6Si. The Morgan fingerprint density at radius 2 is 1.97 bits per heavy atom. The quantitative estimate of drug-likeness (QED) is 0.217. The monoisotopic (exact) mass is 541 g/mol. The number of halogens is 1. The second-order valence-corrected chi connectivity index (χ2v) is 15.6. The number of rotatable bonds is 9. The molecule has 36 heavy (non-hydrogen) atoms. The molecule has 3 heterocycles. The molecule has 0 amide bonds. The molecule has 200 valence electrons. The van der Waals surface area contributed by atoms with Gasteiger partial charge in [0.1, 0.15) is 5.52 Å². The molecule has 1 aliphatic rings. The lowest BCUT2D eigenvalue weighted by Gasteiger charge is -2.40. The Morgan fingerprint density at radius 3 is 2.56 bits per heavy atom. The first-order chi connectivity index (χ1) is 16.7. The van der Waals surface area contributed by atoms with E-state index in [1.165, 1.54) is 6.92 Å². The highest BCUT2D eigenvalue weighted by Crippen LogP contribution is 2.44. The number of carbonyl (C=O) groups excluding carboxylic acids is 2. The predicted octanol–water partition coefficient (Wildman–Crippen LogP) is 3.52. The van der Waals surface area contributed by atoms with Gasteiger partial charge in [-0.05, 0) is 43.6 Å². The largest absolute Gasteiger partial charge is 0.464 e. The number of nitrogens with two attached hydrogens (primary N) is 1. The van der Waals surface area contributed by atoms with Crippen molar-refractivity contribution in [3.05, 3.63) is 11.6 Å². The van der Waals surface area contributed by atoms with Crippen molar-refractivity contribution in [1.29, 1.82) is 0 Å². The van der Waals surface area contributed by atoms with Crippen molar-refractivity contribution in [2.45, 2.75) is 84.2 Å². The number of imidazole rings is 1. The lowest BCUT2D eigenvalue weighted by Crippen LogP contribution is -2.47. The molecule has 0 saturated carbocycles. The first-order valence-corrected chi connectivity index (χ1v) is 15.2. The summed E-state index contributed by atoms with van der Waals surface area (Å²) in [5, 5.41) is -0.0594. The summed E-state index contributed by atoms with van der Waals surface area (Å²) in [6, 6.07) is 0. The van der Waals surface area contributed by atoms with Crippen LogP contribution in [0.1, 0.15) is 47.8 Å². The van der Waals surface area contributed by atoms with Gasteiger partial charge in [0, 0.05) is 5.92 Å². The van der Waals surface area contributed by atoms with Gasteiger partial charge < -0.3 is 24.4 Å². The smallest absolute Gasteiger partial charge is 0.343 e. The van der Waals surface area contributed by atoms with E-state index in [4.69, 9.17) is 36.0 Å². The second-order valence-electron chi connectivity index (χ2n) is 10.5. The number of esters is 1. The van der Waals surface area contributed by atoms with Crippen LogP contribution in [-0.4, -0.2) is 71.1 Å². The van der Waals surface area contributed by atoms with Gasteiger partial charge >= 0.3 is 5.97 Å². The average molecular weight is 542 g/mol. The third-order valence-corrected chi connectivity index (χ3v) is 11.6. The lowest BCUT2D eigenvalue weighted by molar-refractivity contribution is -0.164. The minimum Gasteiger partial charge on any atom is -0.464 e. The van der Waals surface area contributed by atoms with Crippen molar-refractivity contribution in [3.8, 4) is 0 Å². The topological polar surface area (TPSA) is 141 Å². The molecule has 5 atom stereocenters. The third kappa shape index (κ3) is 5.72. The van der Waals surface area contributed by atoms with Gasteiger partial charge in [0.05, 0.1) is 31.7 Å². The first-order valence-electron chi connectivity index (χ1n) is 12.0. The van der Waals surface area contributed by atoms with Crippen molar-refractivity contribution in [2.24, 2.45) is 5.92 Å². The summed E-state index contributed by atoms with van der Waals surface area (Å²) >= 11 is 6.08. The molecule has 2 aromatic heterocycles. The fourth-order valence-electron chi connectivity index (χ4n) is 3.81. The number of Topliss-reactive ketones (excluding diaryl/α,β-unsaturated/α-hetero) is 1. The van der Waals surface area contributed by atoms with Crippen LogP contribution in [0.5, 0.6) is 0 Å². The van der Waals surface area contributed by atoms with E-state index >= 15 is 0 Å². The van der Waals surface area contributed by atoms with Crippen LogP contribution in [0.25, 0.3) is 11.2 Å². The van der Waals surface area contributed by atoms with Gasteiger partial charge in [-0.3, -0.25) is 9.36 Å². The van der Waals surface area contributed by atoms with Gasteiger partial charge in [-0.25, -0.2) is 9.78 Å². The maximum atomic E-state index is 12.2. The Bertz CT molecular complexity index is 1120. The van der Waals surface area contributed by atoms with Gasteiger partial charge in [-0.1, -0.05) is 27.7 Å². The van der Waals surface area contributed by atoms with E-state index in [9.17, 15) is 9.59 Å². The summed E-state index contributed by atoms with van der Waals surface area (Å²) in [5.41, 5.74) is 6.83. The van der Waals surface area contributed by atoms with E-state index in [1.54, 1.807) is 17.8 Å². The zero-order valence-corrected chi connectivity index (χ0v) is 23.8. The van der Waals surface area contributed by atoms with Crippen molar-refractivity contribution >= 4 is 48.7 Å². The Morgan fingerprint density at radius 1 is 1.31 bits per heavy atom. The first kappa shape index (κ1) is 28.4. The van der Waals surface area contributed by atoms with Crippen LogP contribution in [0.2, 0.25) is 23.4 Å². The zero-order valence-electron chi connectivity index (χ0n) is 22.1. The predicted molar refractivity (Wildman–Crippen MR) is 137 cm³/mol. The normalized spacial score (nSPS) is 23.7. The second kappa shape index (κ2) is 10.7. The van der Waals surface area contributed by atoms with E-state index in [-0.39, 0.29) is 35.3 Å². The lowest BCUT2D eigenvalue weighted by atomic mass is 10.0. The van der Waals surface area contributed by atoms with E-state index in [1.807, 2.05) is 6.92 Å². The van der Waals surface area contributed by atoms with Crippen molar-refractivity contribution < 1.29 is 28.2 Å². The molecule has 0 spiro atoms. The van der Waals surface area contributed by atoms with Crippen LogP contribution in [0, 0.1) is 5.92 Å². The highest BCUT2D eigenvalue weighted by Gasteiger charge is 2.50. The molecule has 2 aromatic rings. The number of carbonyl (C=O) groups is 2. The number of anilines is 1. The van der Waals surface area contributed by atoms with Crippen LogP contribution in [-0.2, 0) is 28.2 Å². The molecule has 0 aliphatic carbocycles. The summed E-state index contributed by atoms with van der Waals surface area (Å²) in [4.78, 5) is 36.9. The van der Waals surface area contributed by atoms with E-state index in [2.05, 4.69) is 48.8 Å². The van der Waals surface area contributed by atoms with E-state index < -0.39 is 44.6 Å². The summed E-state index contributed by atoms with van der Waals surface area (Å²) in [7, 11) is -2.24. The number of hydrogen-bond acceptors (Lipinski definition) is 10. The van der Waals surface area contributed by atoms with Crippen molar-refractivity contribution in [2.75, 3.05) is 18.9 Å². The van der Waals surface area contributed by atoms with E-state index in [0.717, 1.165) is 0 Å². The third-order valence-electron chi connectivity index (χ3n) is 6.93. The van der Waals surface area contributed by atoms with Gasteiger partial charge in [0.2, 0.25) is 11.4 Å². The Hall–Kier alpha value is -2.12. The number of aromatic nitrogens is 4. The Kier molecular flexibility index (Phi) is 8.46. The van der Waals surface area contributed by atoms with Crippen molar-refractivity contribution in [3.63, 3.8) is 0 Å². The molecule has 3 rings (SSSR count). The SMILES string of the molecule is CCOC(=O)C(OC[C@H]1O[C@@H](n2cnc3c(N)nc(Cl)nc32)[C@H](O[Si](C)(C)C(C)(C)C)[C@H]1C)C(C)=O. The number of nitrogen functional groups attached to an aromatic ring is 1. The van der Waals surface area contributed by atoms with E-state index in [0.29, 0.717) is 11.2 Å². The van der Waals surface area contributed by atoms with Gasteiger partial charge in [-0.15, -0.1) is 0 Å². The number of ketones is 1. The fraction of sp³-hybridized carbons (Fsp3) is 0.696. The van der Waals surface area contributed by atoms with Gasteiger partial charge in [0.25, 0.3) is 0 Å². The summed E-state index contributed by atoms with van der Waals surface area (Å²) in [6.45, 7) is 15.9. The van der Waals surface area contributed by atoms with Crippen molar-refractivity contribution in [1.82, 2.24) is 19.5 Å². The summed E-state index contributed by atoms with van der Waals surface area (Å²) < 4.78 is 25.7. The highest BCUT2D eigenvalue weighted by atomic mass is 35.5. The number of fused-ring (bicyclic) bond motifs is 1. The molecule has 1 fully saturated rings. The van der Waals surface area contributed by atoms with Crippen LogP contribution in [0.15, 0.2) is 6.33 Å². The zero-order chi connectivity index (χ0) is 27.0. The van der Waals surface area contributed by atoms with Gasteiger partial charge in [0.15, 0.2) is 31.8 Å². The van der Waals surface area contributed by atoms with Crippen LogP contribution >= 0.6 is 11.6 Å². The highest BCUT2D eigenvalue weighted by molar-refractivity contribution is 6.74. The standard InChI is InChI=1S/C23H36ClN5O6Si/c1-9-32-21(31)17(13(3)30)33-10-14-12(2)16(35-36(7,8)23(4,5)6)20(34-14)29-11-26-15-18(25)27-22(24)28-19(15)29/h11-12,14,16-17,20H,9-10H2,1-8H3,(H2,25,27,28)/t12-,14+,16+,17?,20+/m0/s1. The molecule has 0 radical (unpaired) electrons. The van der Waals surface area contributed by atoms with Crippen LogP contribution in [0.4, 0.5) is 5.82 Å². The maximum Gasteiger partial charge on any atom is 0.343 e. The molecule has 1 aliphatic heterocycles. The molecule has 0 bridgehead atoms. The number of hydrogen-bond donors (Lipinski definition) is 1. The minimum atomic E-state index is -2.24. The minimum absolute atomic E-state index is 0.00622. The van der Waals surface area contributed by atoms with Crippen LogP contribution < -0.4 is 5.73 Å². The Labute approximate surface area is 217 Å². The molecule has 2 N–H and O–H groups in total. The summed E-state index contributed by atoms with van der Waals surface area (Å²) in [6.07, 6.45) is -1.26. The number of nitrogens with zero attached hydrogens (tertiary/aromatic N) is 4.